The maximum absolute atomic E-state index is 3.48. The molecule has 102 valence electrons. The van der Waals surface area contributed by atoms with E-state index < -0.39 is 0 Å². The Balaban J connectivity index is 2.35. The third-order valence-corrected chi connectivity index (χ3v) is 4.80. The minimum atomic E-state index is 0.382. The summed E-state index contributed by atoms with van der Waals surface area (Å²) < 4.78 is 0. The molecule has 0 aliphatic heterocycles. The maximum atomic E-state index is 3.48. The van der Waals surface area contributed by atoms with Crippen LogP contribution in [-0.2, 0) is 0 Å². The van der Waals surface area contributed by atoms with Crippen LogP contribution in [-0.4, -0.2) is 37.6 Å². The summed E-state index contributed by atoms with van der Waals surface area (Å²) in [5.41, 5.74) is 0.382. The molecule has 0 radical (unpaired) electrons. The summed E-state index contributed by atoms with van der Waals surface area (Å²) >= 11 is 0. The Morgan fingerprint density at radius 3 is 2.47 bits per heavy atom. The van der Waals surface area contributed by atoms with Crippen molar-refractivity contribution in [2.24, 2.45) is 11.3 Å². The lowest BCUT2D eigenvalue weighted by atomic mass is 9.87. The van der Waals surface area contributed by atoms with Crippen LogP contribution in [0.1, 0.15) is 53.4 Å². The van der Waals surface area contributed by atoms with Gasteiger partial charge < -0.3 is 10.2 Å². The van der Waals surface area contributed by atoms with Crippen LogP contribution in [0.15, 0.2) is 0 Å². The van der Waals surface area contributed by atoms with Crippen LogP contribution in [0.2, 0.25) is 0 Å². The van der Waals surface area contributed by atoms with E-state index in [1.807, 2.05) is 0 Å². The normalized spacial score (nSPS) is 27.7. The average molecular weight is 240 g/mol. The largest absolute Gasteiger partial charge is 0.317 e. The molecule has 3 atom stereocenters. The van der Waals surface area contributed by atoms with Gasteiger partial charge in [-0.3, -0.25) is 0 Å². The molecular formula is C15H32N2. The standard InChI is InChI=1S/C15H32N2/c1-12(15(2,3)4)17(6)11-10-13-8-7-9-14(13)16-5/h12-14,16H,7-11H2,1-6H3. The van der Waals surface area contributed by atoms with Gasteiger partial charge >= 0.3 is 0 Å². The molecule has 1 aliphatic rings. The summed E-state index contributed by atoms with van der Waals surface area (Å²) in [5, 5.41) is 3.48. The molecule has 1 fully saturated rings. The Bertz CT molecular complexity index is 219. The molecule has 2 nitrogen and oxygen atoms in total. The fourth-order valence-electron chi connectivity index (χ4n) is 2.99. The predicted molar refractivity (Wildman–Crippen MR) is 76.4 cm³/mol. The molecule has 1 rings (SSSR count). The van der Waals surface area contributed by atoms with Crippen LogP contribution in [0.5, 0.6) is 0 Å². The summed E-state index contributed by atoms with van der Waals surface area (Å²) in [6.07, 6.45) is 5.56. The van der Waals surface area contributed by atoms with Crippen LogP contribution in [0.25, 0.3) is 0 Å². The molecule has 0 aromatic rings. The first-order valence-electron chi connectivity index (χ1n) is 7.23. The van der Waals surface area contributed by atoms with Gasteiger partial charge in [0.2, 0.25) is 0 Å². The van der Waals surface area contributed by atoms with Gasteiger partial charge in [0, 0.05) is 12.1 Å². The highest BCUT2D eigenvalue weighted by atomic mass is 15.1. The molecule has 1 N–H and O–H groups in total. The fourth-order valence-corrected chi connectivity index (χ4v) is 2.99. The van der Waals surface area contributed by atoms with E-state index >= 15 is 0 Å². The molecule has 0 aromatic carbocycles. The van der Waals surface area contributed by atoms with Gasteiger partial charge in [0.1, 0.15) is 0 Å². The third-order valence-electron chi connectivity index (χ3n) is 4.80. The van der Waals surface area contributed by atoms with E-state index in [9.17, 15) is 0 Å². The topological polar surface area (TPSA) is 15.3 Å². The SMILES string of the molecule is CNC1CCCC1CCN(C)C(C)C(C)(C)C. The lowest BCUT2D eigenvalue weighted by Crippen LogP contribution is -2.41. The Hall–Kier alpha value is -0.0800. The van der Waals surface area contributed by atoms with Gasteiger partial charge in [-0.15, -0.1) is 0 Å². The van der Waals surface area contributed by atoms with Crippen molar-refractivity contribution in [1.82, 2.24) is 10.2 Å². The van der Waals surface area contributed by atoms with Gasteiger partial charge in [-0.1, -0.05) is 27.2 Å². The van der Waals surface area contributed by atoms with Gasteiger partial charge in [0.15, 0.2) is 0 Å². The molecule has 0 amide bonds. The van der Waals surface area contributed by atoms with Crippen LogP contribution in [0, 0.1) is 11.3 Å². The van der Waals surface area contributed by atoms with E-state index in [0.29, 0.717) is 11.5 Å². The number of rotatable bonds is 5. The zero-order valence-electron chi connectivity index (χ0n) is 12.7. The smallest absolute Gasteiger partial charge is 0.0112 e. The summed E-state index contributed by atoms with van der Waals surface area (Å²) in [6.45, 7) is 10.6. The molecule has 2 heteroatoms. The number of hydrogen-bond donors (Lipinski definition) is 1. The molecule has 17 heavy (non-hydrogen) atoms. The van der Waals surface area contributed by atoms with Crippen LogP contribution >= 0.6 is 0 Å². The van der Waals surface area contributed by atoms with E-state index in [4.69, 9.17) is 0 Å². The van der Waals surface area contributed by atoms with E-state index in [-0.39, 0.29) is 0 Å². The first-order chi connectivity index (χ1) is 7.86. The zero-order chi connectivity index (χ0) is 13.1. The van der Waals surface area contributed by atoms with Crippen LogP contribution in [0.3, 0.4) is 0 Å². The minimum absolute atomic E-state index is 0.382. The van der Waals surface area contributed by atoms with Crippen molar-refractivity contribution >= 4 is 0 Å². The number of nitrogens with zero attached hydrogens (tertiary/aromatic N) is 1. The molecule has 1 aliphatic carbocycles. The predicted octanol–water partition coefficient (Wildman–Crippen LogP) is 3.13. The quantitative estimate of drug-likeness (QED) is 0.794. The minimum Gasteiger partial charge on any atom is -0.317 e. The van der Waals surface area contributed by atoms with Crippen molar-refractivity contribution in [2.75, 3.05) is 20.6 Å². The number of hydrogen-bond acceptors (Lipinski definition) is 2. The molecule has 1 saturated carbocycles. The van der Waals surface area contributed by atoms with Crippen molar-refractivity contribution in [3.63, 3.8) is 0 Å². The lowest BCUT2D eigenvalue weighted by molar-refractivity contribution is 0.132. The van der Waals surface area contributed by atoms with Crippen molar-refractivity contribution in [2.45, 2.75) is 65.5 Å². The van der Waals surface area contributed by atoms with Crippen LogP contribution < -0.4 is 5.32 Å². The van der Waals surface area contributed by atoms with E-state index in [1.165, 1.54) is 32.2 Å². The molecule has 0 aromatic heterocycles. The van der Waals surface area contributed by atoms with Gasteiger partial charge in [-0.25, -0.2) is 0 Å². The Morgan fingerprint density at radius 1 is 1.29 bits per heavy atom. The van der Waals surface area contributed by atoms with E-state index in [2.05, 4.69) is 52.0 Å². The van der Waals surface area contributed by atoms with Crippen molar-refractivity contribution in [3.8, 4) is 0 Å². The summed E-state index contributed by atoms with van der Waals surface area (Å²) in [7, 11) is 4.39. The van der Waals surface area contributed by atoms with E-state index in [0.717, 1.165) is 12.0 Å². The second-order valence-electron chi connectivity index (χ2n) is 6.90. The summed E-state index contributed by atoms with van der Waals surface area (Å²) in [6, 6.07) is 1.42. The molecule has 0 saturated heterocycles. The number of nitrogens with one attached hydrogen (secondary N) is 1. The first-order valence-corrected chi connectivity index (χ1v) is 7.23. The second-order valence-corrected chi connectivity index (χ2v) is 6.90. The Kier molecular flexibility index (Phi) is 5.46. The van der Waals surface area contributed by atoms with Gasteiger partial charge in [-0.05, 0) is 58.2 Å². The second kappa shape index (κ2) is 6.19. The summed E-state index contributed by atoms with van der Waals surface area (Å²) in [5.74, 6) is 0.898. The van der Waals surface area contributed by atoms with E-state index in [1.54, 1.807) is 0 Å². The van der Waals surface area contributed by atoms with Crippen molar-refractivity contribution in [1.29, 1.82) is 0 Å². The molecular weight excluding hydrogens is 208 g/mol. The lowest BCUT2D eigenvalue weighted by Gasteiger charge is -2.36. The van der Waals surface area contributed by atoms with Crippen molar-refractivity contribution in [3.05, 3.63) is 0 Å². The zero-order valence-corrected chi connectivity index (χ0v) is 12.7. The van der Waals surface area contributed by atoms with Crippen LogP contribution in [0.4, 0.5) is 0 Å². The highest BCUT2D eigenvalue weighted by Crippen LogP contribution is 2.29. The first kappa shape index (κ1) is 15.0. The highest BCUT2D eigenvalue weighted by Gasteiger charge is 2.28. The monoisotopic (exact) mass is 240 g/mol. The fraction of sp³-hybridized carbons (Fsp3) is 1.00. The third kappa shape index (κ3) is 4.26. The Labute approximate surface area is 108 Å². The molecule has 0 heterocycles. The Morgan fingerprint density at radius 2 is 1.94 bits per heavy atom. The maximum Gasteiger partial charge on any atom is 0.0112 e. The van der Waals surface area contributed by atoms with Gasteiger partial charge in [0.05, 0.1) is 0 Å². The molecule has 3 unspecified atom stereocenters. The highest BCUT2D eigenvalue weighted by molar-refractivity contribution is 4.84. The van der Waals surface area contributed by atoms with Crippen molar-refractivity contribution < 1.29 is 0 Å². The molecule has 0 bridgehead atoms. The van der Waals surface area contributed by atoms with Gasteiger partial charge in [0.25, 0.3) is 0 Å². The molecule has 0 spiro atoms. The summed E-state index contributed by atoms with van der Waals surface area (Å²) in [4.78, 5) is 2.53. The average Bonchev–Trinajstić information content (AvgIpc) is 2.70. The van der Waals surface area contributed by atoms with Gasteiger partial charge in [-0.2, -0.15) is 0 Å².